The molecule has 1 aromatic carbocycles. The molecule has 2 amide bonds. The molecule has 2 saturated heterocycles. The molecule has 0 saturated carbocycles. The average Bonchev–Trinajstić information content (AvgIpc) is 3.57. The number of hydrogen-bond acceptors (Lipinski definition) is 15. The molecule has 5 heterocycles. The number of likely N-dealkylation sites (tertiary alicyclic amines) is 1. The number of piperidine rings is 1. The summed E-state index contributed by atoms with van der Waals surface area (Å²) >= 11 is 2.15. The van der Waals surface area contributed by atoms with Gasteiger partial charge in [0.2, 0.25) is 11.5 Å². The van der Waals surface area contributed by atoms with Crippen LogP contribution in [0.4, 0.5) is 5.13 Å². The van der Waals surface area contributed by atoms with Crippen molar-refractivity contribution in [3.63, 3.8) is 0 Å². The predicted molar refractivity (Wildman–Crippen MR) is 195 cm³/mol. The molecule has 2 fully saturated rings. The first-order chi connectivity index (χ1) is 26.1. The number of fused-ring (bicyclic) bond motifs is 2. The number of amides is 2. The minimum atomic E-state index is -1.95. The fraction of sp³-hybridized carbons (Fsp3) is 0.424. The number of nitrogens with zero attached hydrogens (tertiary/aromatic N) is 6. The Balaban J connectivity index is 1.26. The number of phenolic OH excluding ortho intramolecular Hbond substituents is 2. The molecule has 8 N–H and O–H groups in total. The minimum absolute atomic E-state index is 0.0227. The van der Waals surface area contributed by atoms with Crippen LogP contribution < -0.4 is 16.5 Å². The van der Waals surface area contributed by atoms with Crippen molar-refractivity contribution in [2.75, 3.05) is 31.1 Å². The van der Waals surface area contributed by atoms with Gasteiger partial charge < -0.3 is 45.9 Å². The molecule has 0 spiro atoms. The number of thiazole rings is 1. The number of aromatic nitrogens is 3. The van der Waals surface area contributed by atoms with Gasteiger partial charge in [0.05, 0.1) is 30.4 Å². The predicted octanol–water partition coefficient (Wildman–Crippen LogP) is 0.454. The van der Waals surface area contributed by atoms with Gasteiger partial charge >= 0.3 is 17.9 Å². The molecule has 3 aliphatic heterocycles. The first-order valence-corrected chi connectivity index (χ1v) is 19.0. The Labute approximate surface area is 319 Å². The van der Waals surface area contributed by atoms with Crippen molar-refractivity contribution >= 4 is 74.6 Å². The van der Waals surface area contributed by atoms with Crippen LogP contribution in [0.5, 0.6) is 11.5 Å². The number of carboxylic acid groups (broad SMARTS) is 3. The second kappa shape index (κ2) is 15.5. The molecule has 22 heteroatoms. The largest absolute Gasteiger partial charge is 0.504 e. The normalized spacial score (nSPS) is 20.1. The van der Waals surface area contributed by atoms with Crippen molar-refractivity contribution in [3.8, 4) is 11.5 Å². The lowest BCUT2D eigenvalue weighted by atomic mass is 10.00. The number of benzene rings is 1. The number of phenols is 2. The van der Waals surface area contributed by atoms with Crippen LogP contribution in [0.1, 0.15) is 44.0 Å². The Morgan fingerprint density at radius 3 is 2.42 bits per heavy atom. The molecule has 6 rings (SSSR count). The summed E-state index contributed by atoms with van der Waals surface area (Å²) in [6.07, 6.45) is -0.389. The number of thioether (sulfide) groups is 1. The molecule has 3 aliphatic rings. The summed E-state index contributed by atoms with van der Waals surface area (Å²) < 4.78 is 1.85. The third-order valence-corrected chi connectivity index (χ3v) is 11.6. The Hall–Kier alpha value is -5.74. The van der Waals surface area contributed by atoms with E-state index in [2.05, 4.69) is 20.6 Å². The lowest BCUT2D eigenvalue weighted by molar-refractivity contribution is -0.941. The van der Waals surface area contributed by atoms with Gasteiger partial charge in [-0.3, -0.25) is 28.8 Å². The van der Waals surface area contributed by atoms with E-state index in [1.54, 1.807) is 4.68 Å². The van der Waals surface area contributed by atoms with Crippen molar-refractivity contribution in [2.45, 2.75) is 63.2 Å². The van der Waals surface area contributed by atoms with E-state index in [0.717, 1.165) is 35.5 Å². The third-order valence-electron chi connectivity index (χ3n) is 9.62. The number of nitrogens with two attached hydrogens (primary N) is 1. The van der Waals surface area contributed by atoms with Crippen LogP contribution in [0.3, 0.4) is 0 Å². The Kier molecular flexibility index (Phi) is 11.0. The zero-order chi connectivity index (χ0) is 39.8. The number of aliphatic carboxylic acids is 3. The molecule has 292 valence electrons. The number of anilines is 1. The van der Waals surface area contributed by atoms with Gasteiger partial charge in [-0.1, -0.05) is 5.16 Å². The SMILES string of the molecule is CCn1nc(C[N+]2(CC3=C(C(=O)O)N4C(=O)[C@@H](NC(=O)/C(=N\O[C@@H](CC(=O)O)C(=O)O)c5csc(N)n5)[C@H]4SC3)CCCCC2)c(=O)c2cc(O)c(O)cc21. The molecule has 3 atom stereocenters. The van der Waals surface area contributed by atoms with E-state index in [0.29, 0.717) is 30.7 Å². The number of carboxylic acids is 3. The zero-order valence-corrected chi connectivity index (χ0v) is 30.8. The van der Waals surface area contributed by atoms with Crippen molar-refractivity contribution in [1.82, 2.24) is 25.0 Å². The Bertz CT molecular complexity index is 2210. The standard InChI is InChI=1S/C33H36N8O12S2/c1-2-39-19-9-21(43)20(42)8-16(19)27(46)17(37-39)12-41(6-4-3-5-7-41)11-15-13-54-30-25(29(48)40(30)26(15)32(51)52)36-28(47)24(18-14-55-33(34)35-18)38-53-22(31(49)50)10-23(44)45/h8-9,14,22,25,30H,2-7,10-13H2,1H3,(H7-,34,35,36,37,38,42,43,44,45,46,47,49,50,51,52)/p+1/t22-,25+,30+/m0/s1. The second-order valence-electron chi connectivity index (χ2n) is 13.3. The molecule has 2 aromatic heterocycles. The highest BCUT2D eigenvalue weighted by molar-refractivity contribution is 8.00. The lowest BCUT2D eigenvalue weighted by Crippen LogP contribution is -2.71. The highest BCUT2D eigenvalue weighted by atomic mass is 32.2. The molecule has 0 unspecified atom stereocenters. The van der Waals surface area contributed by atoms with Crippen LogP contribution in [0.25, 0.3) is 10.9 Å². The minimum Gasteiger partial charge on any atom is -0.504 e. The van der Waals surface area contributed by atoms with Gasteiger partial charge in [0.15, 0.2) is 28.0 Å². The van der Waals surface area contributed by atoms with Gasteiger partial charge in [-0.2, -0.15) is 5.10 Å². The summed E-state index contributed by atoms with van der Waals surface area (Å²) in [5, 5.41) is 60.5. The quantitative estimate of drug-likeness (QED) is 0.0383. The smallest absolute Gasteiger partial charge is 0.352 e. The maximum absolute atomic E-state index is 13.7. The van der Waals surface area contributed by atoms with E-state index in [4.69, 9.17) is 15.7 Å². The fourth-order valence-corrected chi connectivity index (χ4v) is 8.93. The molecule has 0 aliphatic carbocycles. The molecular formula is C33H37N8O12S2+. The highest BCUT2D eigenvalue weighted by Gasteiger charge is 2.55. The van der Waals surface area contributed by atoms with E-state index in [1.807, 2.05) is 6.92 Å². The summed E-state index contributed by atoms with van der Waals surface area (Å²) in [5.41, 5.74) is 5.36. The van der Waals surface area contributed by atoms with Crippen LogP contribution in [-0.2, 0) is 41.9 Å². The molecule has 3 aromatic rings. The molecule has 55 heavy (non-hydrogen) atoms. The third kappa shape index (κ3) is 7.77. The van der Waals surface area contributed by atoms with Gasteiger partial charge in [0, 0.05) is 29.3 Å². The van der Waals surface area contributed by atoms with Crippen molar-refractivity contribution in [2.24, 2.45) is 5.16 Å². The van der Waals surface area contributed by atoms with E-state index in [1.165, 1.54) is 29.3 Å². The first kappa shape index (κ1) is 39.0. The zero-order valence-electron chi connectivity index (χ0n) is 29.2. The number of hydrogen-bond donors (Lipinski definition) is 7. The number of nitrogen functional groups attached to an aromatic ring is 1. The maximum Gasteiger partial charge on any atom is 0.352 e. The summed E-state index contributed by atoms with van der Waals surface area (Å²) in [6.45, 7) is 3.72. The van der Waals surface area contributed by atoms with Crippen molar-refractivity contribution in [3.05, 3.63) is 50.4 Å². The van der Waals surface area contributed by atoms with E-state index in [-0.39, 0.29) is 56.7 Å². The van der Waals surface area contributed by atoms with Crippen LogP contribution >= 0.6 is 23.1 Å². The maximum atomic E-state index is 13.7. The van der Waals surface area contributed by atoms with Gasteiger partial charge in [0.25, 0.3) is 11.8 Å². The van der Waals surface area contributed by atoms with Crippen LogP contribution in [-0.4, -0.2) is 128 Å². The number of carbonyl (C=O) groups excluding carboxylic acids is 2. The molecular weight excluding hydrogens is 765 g/mol. The number of aromatic hydroxyl groups is 2. The van der Waals surface area contributed by atoms with E-state index >= 15 is 0 Å². The van der Waals surface area contributed by atoms with Gasteiger partial charge in [-0.25, -0.2) is 14.6 Å². The Morgan fingerprint density at radius 1 is 1.09 bits per heavy atom. The van der Waals surface area contributed by atoms with E-state index in [9.17, 15) is 49.2 Å². The summed E-state index contributed by atoms with van der Waals surface area (Å²) in [7, 11) is 0. The van der Waals surface area contributed by atoms with Crippen molar-refractivity contribution < 1.29 is 58.8 Å². The summed E-state index contributed by atoms with van der Waals surface area (Å²) in [6, 6.07) is 1.26. The number of aryl methyl sites for hydroxylation is 1. The van der Waals surface area contributed by atoms with Gasteiger partial charge in [0.1, 0.15) is 35.9 Å². The number of rotatable bonds is 14. The highest BCUT2D eigenvalue weighted by Crippen LogP contribution is 2.42. The monoisotopic (exact) mass is 801 g/mol. The number of nitrogens with one attached hydrogen (secondary N) is 1. The van der Waals surface area contributed by atoms with E-state index < -0.39 is 70.6 Å². The first-order valence-electron chi connectivity index (χ1n) is 17.0. The number of β-lactam (4-membered cyclic amide) rings is 1. The molecule has 20 nitrogen and oxygen atoms in total. The number of carbonyl (C=O) groups is 5. The molecule has 0 bridgehead atoms. The lowest BCUT2D eigenvalue weighted by Gasteiger charge is -2.50. The van der Waals surface area contributed by atoms with Crippen LogP contribution in [0, 0.1) is 0 Å². The Morgan fingerprint density at radius 2 is 1.80 bits per heavy atom. The summed E-state index contributed by atoms with van der Waals surface area (Å²) in [4.78, 5) is 86.3. The number of oxime groups is 1. The van der Waals surface area contributed by atoms with Crippen molar-refractivity contribution in [1.29, 1.82) is 0 Å². The van der Waals surface area contributed by atoms with Crippen LogP contribution in [0.15, 0.2) is 38.7 Å². The molecule has 0 radical (unpaired) electrons. The average molecular weight is 802 g/mol. The van der Waals surface area contributed by atoms with Gasteiger partial charge in [-0.05, 0) is 32.3 Å². The summed E-state index contributed by atoms with van der Waals surface area (Å²) in [5.74, 6) is -6.94. The fourth-order valence-electron chi connectivity index (χ4n) is 7.04. The number of quaternary nitrogens is 1. The topological polar surface area (TPSA) is 297 Å². The van der Waals surface area contributed by atoms with Crippen LogP contribution in [0.2, 0.25) is 0 Å². The van der Waals surface area contributed by atoms with Gasteiger partial charge in [-0.15, -0.1) is 23.1 Å². The second-order valence-corrected chi connectivity index (χ2v) is 15.3.